The van der Waals surface area contributed by atoms with Gasteiger partial charge in [0.2, 0.25) is 0 Å². The van der Waals surface area contributed by atoms with Crippen LogP contribution in [0.1, 0.15) is 16.5 Å². The van der Waals surface area contributed by atoms with Crippen LogP contribution in [0.5, 0.6) is 0 Å². The summed E-state index contributed by atoms with van der Waals surface area (Å²) >= 11 is 5.42. The molecule has 2 atom stereocenters. The van der Waals surface area contributed by atoms with E-state index >= 15 is 0 Å². The Labute approximate surface area is 121 Å². The van der Waals surface area contributed by atoms with E-state index in [0.717, 1.165) is 16.1 Å². The second-order valence-electron chi connectivity index (χ2n) is 4.27. The second-order valence-corrected chi connectivity index (χ2v) is 5.87. The highest BCUT2D eigenvalue weighted by molar-refractivity contribution is 7.80. The number of aliphatic hydroxyl groups is 2. The third-order valence-electron chi connectivity index (χ3n) is 2.89. The molecular formula is C13H16N2O2S2. The van der Waals surface area contributed by atoms with E-state index in [9.17, 15) is 10.2 Å². The van der Waals surface area contributed by atoms with E-state index in [4.69, 9.17) is 5.73 Å². The maximum Gasteiger partial charge on any atom is 0.180 e. The lowest BCUT2D eigenvalue weighted by atomic mass is 10.0. The molecule has 0 fully saturated rings. The van der Waals surface area contributed by atoms with Gasteiger partial charge in [0.15, 0.2) is 5.13 Å². The summed E-state index contributed by atoms with van der Waals surface area (Å²) in [7, 11) is 0. The molecule has 2 aromatic rings. The number of thiol groups is 1. The Morgan fingerprint density at radius 1 is 1.32 bits per heavy atom. The first kappa shape index (κ1) is 14.3. The number of aliphatic hydroxyl groups excluding tert-OH is 2. The number of thiazole rings is 1. The molecule has 6 heteroatoms. The molecule has 0 radical (unpaired) electrons. The minimum Gasteiger partial charge on any atom is -0.389 e. The molecule has 0 aliphatic carbocycles. The van der Waals surface area contributed by atoms with Gasteiger partial charge in [-0.05, 0) is 12.5 Å². The fourth-order valence-corrected chi connectivity index (χ4v) is 2.76. The maximum atomic E-state index is 9.88. The molecular weight excluding hydrogens is 280 g/mol. The van der Waals surface area contributed by atoms with Crippen LogP contribution in [0.2, 0.25) is 0 Å². The second kappa shape index (κ2) is 5.92. The number of aryl methyl sites for hydroxylation is 1. The van der Waals surface area contributed by atoms with Crippen molar-refractivity contribution in [2.45, 2.75) is 19.1 Å². The van der Waals surface area contributed by atoms with Crippen LogP contribution in [-0.4, -0.2) is 27.1 Å². The lowest BCUT2D eigenvalue weighted by Crippen LogP contribution is -2.19. The van der Waals surface area contributed by atoms with Gasteiger partial charge in [0.1, 0.15) is 6.10 Å². The summed E-state index contributed by atoms with van der Waals surface area (Å²) in [6, 6.07) is 7.29. The lowest BCUT2D eigenvalue weighted by Gasteiger charge is -2.16. The number of nitrogen functional groups attached to an aromatic ring is 1. The molecule has 102 valence electrons. The molecule has 0 saturated heterocycles. The first-order chi connectivity index (χ1) is 9.02. The van der Waals surface area contributed by atoms with Crippen molar-refractivity contribution in [3.05, 3.63) is 34.7 Å². The van der Waals surface area contributed by atoms with Crippen molar-refractivity contribution in [1.82, 2.24) is 4.98 Å². The van der Waals surface area contributed by atoms with Crippen LogP contribution in [0, 0.1) is 6.92 Å². The number of anilines is 1. The van der Waals surface area contributed by atoms with Crippen molar-refractivity contribution in [2.75, 3.05) is 11.5 Å². The molecule has 1 aromatic carbocycles. The number of hydrogen-bond donors (Lipinski definition) is 4. The Hall–Kier alpha value is -1.08. The van der Waals surface area contributed by atoms with E-state index in [-0.39, 0.29) is 5.75 Å². The van der Waals surface area contributed by atoms with Crippen LogP contribution in [0.4, 0.5) is 5.13 Å². The van der Waals surface area contributed by atoms with Crippen LogP contribution in [0.25, 0.3) is 11.3 Å². The molecule has 0 amide bonds. The normalized spacial score (nSPS) is 14.3. The van der Waals surface area contributed by atoms with Gasteiger partial charge in [-0.15, -0.1) is 11.3 Å². The Kier molecular flexibility index (Phi) is 4.46. The monoisotopic (exact) mass is 296 g/mol. The zero-order valence-corrected chi connectivity index (χ0v) is 12.2. The summed E-state index contributed by atoms with van der Waals surface area (Å²) in [5, 5.41) is 20.0. The van der Waals surface area contributed by atoms with Gasteiger partial charge in [-0.25, -0.2) is 4.98 Å². The predicted molar refractivity (Wildman–Crippen MR) is 81.5 cm³/mol. The van der Waals surface area contributed by atoms with E-state index in [1.165, 1.54) is 11.3 Å². The molecule has 0 spiro atoms. The van der Waals surface area contributed by atoms with Gasteiger partial charge in [-0.3, -0.25) is 0 Å². The van der Waals surface area contributed by atoms with E-state index in [1.807, 2.05) is 19.1 Å². The first-order valence-corrected chi connectivity index (χ1v) is 7.28. The summed E-state index contributed by atoms with van der Waals surface area (Å²) in [6.07, 6.45) is -1.79. The van der Waals surface area contributed by atoms with Crippen molar-refractivity contribution in [2.24, 2.45) is 0 Å². The van der Waals surface area contributed by atoms with Crippen molar-refractivity contribution < 1.29 is 10.2 Å². The van der Waals surface area contributed by atoms with Gasteiger partial charge < -0.3 is 15.9 Å². The maximum absolute atomic E-state index is 9.88. The molecule has 0 aliphatic heterocycles. The number of nitrogens with zero attached hydrogens (tertiary/aromatic N) is 1. The number of benzene rings is 1. The number of hydrogen-bond acceptors (Lipinski definition) is 6. The van der Waals surface area contributed by atoms with E-state index in [0.29, 0.717) is 10.7 Å². The minimum atomic E-state index is -0.923. The average Bonchev–Trinajstić information content (AvgIpc) is 2.76. The Morgan fingerprint density at radius 2 is 1.95 bits per heavy atom. The molecule has 19 heavy (non-hydrogen) atoms. The zero-order valence-electron chi connectivity index (χ0n) is 10.4. The highest BCUT2D eigenvalue weighted by atomic mass is 32.1. The average molecular weight is 296 g/mol. The number of rotatable bonds is 4. The van der Waals surface area contributed by atoms with Gasteiger partial charge in [0.05, 0.1) is 11.8 Å². The Balaban J connectivity index is 2.26. The van der Waals surface area contributed by atoms with E-state index < -0.39 is 12.2 Å². The first-order valence-electron chi connectivity index (χ1n) is 5.83. The smallest absolute Gasteiger partial charge is 0.180 e. The molecule has 0 saturated carbocycles. The Bertz CT molecular complexity index is 554. The number of nitrogens with two attached hydrogens (primary N) is 1. The van der Waals surface area contributed by atoms with Crippen LogP contribution in [0.15, 0.2) is 24.3 Å². The Morgan fingerprint density at radius 3 is 2.42 bits per heavy atom. The number of aromatic nitrogens is 1. The summed E-state index contributed by atoms with van der Waals surface area (Å²) < 4.78 is 0. The molecule has 1 aromatic heterocycles. The topological polar surface area (TPSA) is 79.4 Å². The van der Waals surface area contributed by atoms with Crippen LogP contribution < -0.4 is 5.73 Å². The van der Waals surface area contributed by atoms with Crippen molar-refractivity contribution in [3.8, 4) is 11.3 Å². The van der Waals surface area contributed by atoms with E-state index in [1.54, 1.807) is 12.1 Å². The van der Waals surface area contributed by atoms with Gasteiger partial charge in [-0.1, -0.05) is 24.3 Å². The van der Waals surface area contributed by atoms with Gasteiger partial charge in [0.25, 0.3) is 0 Å². The molecule has 2 unspecified atom stereocenters. The quantitative estimate of drug-likeness (QED) is 0.651. The SMILES string of the molecule is Cc1sc(N)nc1-c1ccc(C(O)C(O)CS)cc1. The predicted octanol–water partition coefficient (Wildman–Crippen LogP) is 2.02. The highest BCUT2D eigenvalue weighted by Crippen LogP contribution is 2.29. The standard InChI is InChI=1S/C13H16N2O2S2/c1-7-11(15-13(14)19-7)8-2-4-9(5-3-8)12(17)10(16)6-18/h2-5,10,12,16-18H,6H2,1H3,(H2,14,15). The van der Waals surface area contributed by atoms with Crippen molar-refractivity contribution in [1.29, 1.82) is 0 Å². The largest absolute Gasteiger partial charge is 0.389 e. The van der Waals surface area contributed by atoms with E-state index in [2.05, 4.69) is 17.6 Å². The third kappa shape index (κ3) is 3.09. The summed E-state index contributed by atoms with van der Waals surface area (Å²) in [4.78, 5) is 5.34. The molecule has 4 nitrogen and oxygen atoms in total. The molecule has 2 rings (SSSR count). The molecule has 0 bridgehead atoms. The fraction of sp³-hybridized carbons (Fsp3) is 0.308. The minimum absolute atomic E-state index is 0.213. The van der Waals surface area contributed by atoms with Crippen LogP contribution in [-0.2, 0) is 0 Å². The molecule has 1 heterocycles. The molecule has 4 N–H and O–H groups in total. The van der Waals surface area contributed by atoms with Gasteiger partial charge in [0, 0.05) is 16.2 Å². The molecule has 0 aliphatic rings. The highest BCUT2D eigenvalue weighted by Gasteiger charge is 2.17. The fourth-order valence-electron chi connectivity index (χ4n) is 1.84. The third-order valence-corrected chi connectivity index (χ3v) is 4.06. The summed E-state index contributed by atoms with van der Waals surface area (Å²) in [6.45, 7) is 1.97. The summed E-state index contributed by atoms with van der Waals surface area (Å²) in [5.74, 6) is 0.213. The summed E-state index contributed by atoms with van der Waals surface area (Å²) in [5.41, 5.74) is 8.14. The van der Waals surface area contributed by atoms with Gasteiger partial charge in [-0.2, -0.15) is 12.6 Å². The van der Waals surface area contributed by atoms with Gasteiger partial charge >= 0.3 is 0 Å². The lowest BCUT2D eigenvalue weighted by molar-refractivity contribution is 0.0338. The van der Waals surface area contributed by atoms with Crippen LogP contribution in [0.3, 0.4) is 0 Å². The van der Waals surface area contributed by atoms with Crippen molar-refractivity contribution >= 4 is 29.1 Å². The zero-order chi connectivity index (χ0) is 14.0. The van der Waals surface area contributed by atoms with Crippen LogP contribution >= 0.6 is 24.0 Å². The van der Waals surface area contributed by atoms with Crippen molar-refractivity contribution in [3.63, 3.8) is 0 Å².